The van der Waals surface area contributed by atoms with E-state index in [1.54, 1.807) is 30.3 Å². The van der Waals surface area contributed by atoms with E-state index in [2.05, 4.69) is 20.6 Å². The highest BCUT2D eigenvalue weighted by molar-refractivity contribution is 7.89. The number of aryl methyl sites for hydroxylation is 2. The van der Waals surface area contributed by atoms with Crippen LogP contribution in [0.1, 0.15) is 21.7 Å². The summed E-state index contributed by atoms with van der Waals surface area (Å²) in [5.41, 5.74) is 3.31. The minimum Gasteiger partial charge on any atom is -0.379 e. The van der Waals surface area contributed by atoms with Gasteiger partial charge in [-0.1, -0.05) is 6.07 Å². The molecule has 1 fully saturated rings. The molecule has 10 heteroatoms. The molecule has 9 nitrogen and oxygen atoms in total. The SMILES string of the molecule is Cc1cc(C)nc(Nc2cccc(C(=O)Nc3ccc(S(=O)(=O)N4CCOCC4)cc3)c2)n1. The molecule has 0 unspecified atom stereocenters. The lowest BCUT2D eigenvalue weighted by molar-refractivity contribution is 0.0730. The number of nitrogens with one attached hydrogen (secondary N) is 2. The van der Waals surface area contributed by atoms with Gasteiger partial charge in [0, 0.05) is 41.4 Å². The maximum atomic E-state index is 12.7. The number of benzene rings is 2. The van der Waals surface area contributed by atoms with Crippen LogP contribution in [0.15, 0.2) is 59.5 Å². The van der Waals surface area contributed by atoms with Crippen LogP contribution in [0.5, 0.6) is 0 Å². The van der Waals surface area contributed by atoms with Gasteiger partial charge >= 0.3 is 0 Å². The van der Waals surface area contributed by atoms with Crippen LogP contribution in [0.25, 0.3) is 0 Å². The van der Waals surface area contributed by atoms with E-state index in [1.807, 2.05) is 26.0 Å². The van der Waals surface area contributed by atoms with E-state index in [0.717, 1.165) is 11.4 Å². The van der Waals surface area contributed by atoms with E-state index in [9.17, 15) is 13.2 Å². The van der Waals surface area contributed by atoms with Crippen LogP contribution < -0.4 is 10.6 Å². The van der Waals surface area contributed by atoms with E-state index in [0.29, 0.717) is 49.2 Å². The van der Waals surface area contributed by atoms with Gasteiger partial charge in [-0.25, -0.2) is 18.4 Å². The first-order chi connectivity index (χ1) is 15.8. The fraction of sp³-hybridized carbons (Fsp3) is 0.261. The van der Waals surface area contributed by atoms with Crippen molar-refractivity contribution in [2.75, 3.05) is 36.9 Å². The summed E-state index contributed by atoms with van der Waals surface area (Å²) in [5, 5.41) is 5.92. The molecule has 1 saturated heterocycles. The highest BCUT2D eigenvalue weighted by Gasteiger charge is 2.26. The Morgan fingerprint density at radius 2 is 1.61 bits per heavy atom. The van der Waals surface area contributed by atoms with Crippen molar-refractivity contribution in [2.45, 2.75) is 18.7 Å². The lowest BCUT2D eigenvalue weighted by atomic mass is 10.2. The number of anilines is 3. The molecule has 2 N–H and O–H groups in total. The van der Waals surface area contributed by atoms with E-state index in [4.69, 9.17) is 4.74 Å². The summed E-state index contributed by atoms with van der Waals surface area (Å²) < 4.78 is 32.1. The first-order valence-electron chi connectivity index (χ1n) is 10.5. The van der Waals surface area contributed by atoms with Crippen molar-refractivity contribution in [1.29, 1.82) is 0 Å². The smallest absolute Gasteiger partial charge is 0.255 e. The summed E-state index contributed by atoms with van der Waals surface area (Å²) in [6.45, 7) is 5.22. The number of morpholine rings is 1. The minimum absolute atomic E-state index is 0.182. The molecule has 0 atom stereocenters. The zero-order valence-electron chi connectivity index (χ0n) is 18.4. The number of nitrogens with zero attached hydrogens (tertiary/aromatic N) is 3. The molecule has 0 bridgehead atoms. The second-order valence-electron chi connectivity index (χ2n) is 7.68. The van der Waals surface area contributed by atoms with Crippen molar-refractivity contribution >= 4 is 33.3 Å². The molecule has 1 amide bonds. The normalized spacial score (nSPS) is 14.6. The maximum Gasteiger partial charge on any atom is 0.255 e. The van der Waals surface area contributed by atoms with Crippen LogP contribution in [0.3, 0.4) is 0 Å². The van der Waals surface area contributed by atoms with Crippen molar-refractivity contribution in [2.24, 2.45) is 0 Å². The van der Waals surface area contributed by atoms with Gasteiger partial charge < -0.3 is 15.4 Å². The third-order valence-electron chi connectivity index (χ3n) is 5.08. The number of ether oxygens (including phenoxy) is 1. The van der Waals surface area contributed by atoms with Crippen LogP contribution in [0, 0.1) is 13.8 Å². The van der Waals surface area contributed by atoms with Crippen LogP contribution in [-0.2, 0) is 14.8 Å². The Hall–Kier alpha value is -3.34. The molecule has 172 valence electrons. The second kappa shape index (κ2) is 9.65. The molecular formula is C23H25N5O4S. The van der Waals surface area contributed by atoms with E-state index in [-0.39, 0.29) is 10.8 Å². The van der Waals surface area contributed by atoms with Gasteiger partial charge in [-0.3, -0.25) is 4.79 Å². The van der Waals surface area contributed by atoms with Gasteiger partial charge in [0.25, 0.3) is 5.91 Å². The molecule has 0 radical (unpaired) electrons. The number of sulfonamides is 1. The van der Waals surface area contributed by atoms with Gasteiger partial charge in [0.2, 0.25) is 16.0 Å². The minimum atomic E-state index is -3.58. The Kier molecular flexibility index (Phi) is 6.68. The van der Waals surface area contributed by atoms with Gasteiger partial charge in [0.1, 0.15) is 0 Å². The number of aromatic nitrogens is 2. The number of carbonyl (C=O) groups excluding carboxylic acids is 1. The van der Waals surface area contributed by atoms with E-state index in [1.165, 1.54) is 16.4 Å². The first-order valence-corrected chi connectivity index (χ1v) is 11.9. The fourth-order valence-corrected chi connectivity index (χ4v) is 4.91. The average Bonchev–Trinajstić information content (AvgIpc) is 2.79. The fourth-order valence-electron chi connectivity index (χ4n) is 3.50. The Balaban J connectivity index is 1.44. The lowest BCUT2D eigenvalue weighted by Gasteiger charge is -2.26. The van der Waals surface area contributed by atoms with Gasteiger partial charge in [-0.05, 0) is 62.4 Å². The zero-order valence-corrected chi connectivity index (χ0v) is 19.2. The molecule has 3 aromatic rings. The van der Waals surface area contributed by atoms with Crippen molar-refractivity contribution in [3.8, 4) is 0 Å². The molecule has 1 aliphatic heterocycles. The Morgan fingerprint density at radius 1 is 0.939 bits per heavy atom. The predicted octanol–water partition coefficient (Wildman–Crippen LogP) is 3.11. The number of amides is 1. The molecule has 2 aromatic carbocycles. The molecule has 1 aromatic heterocycles. The van der Waals surface area contributed by atoms with Crippen LogP contribution in [-0.4, -0.2) is 54.9 Å². The van der Waals surface area contributed by atoms with Gasteiger partial charge in [-0.2, -0.15) is 4.31 Å². The van der Waals surface area contributed by atoms with Crippen molar-refractivity contribution in [3.05, 3.63) is 71.5 Å². The number of carbonyl (C=O) groups is 1. The van der Waals surface area contributed by atoms with E-state index < -0.39 is 10.0 Å². The third kappa shape index (κ3) is 5.54. The zero-order chi connectivity index (χ0) is 23.4. The molecule has 0 spiro atoms. The number of hydrogen-bond donors (Lipinski definition) is 2. The Bertz CT molecular complexity index is 1240. The summed E-state index contributed by atoms with van der Waals surface area (Å²) in [7, 11) is -3.58. The molecule has 0 aliphatic carbocycles. The Morgan fingerprint density at radius 3 is 2.27 bits per heavy atom. The highest BCUT2D eigenvalue weighted by Crippen LogP contribution is 2.21. The van der Waals surface area contributed by atoms with Gasteiger partial charge in [0.15, 0.2) is 0 Å². The second-order valence-corrected chi connectivity index (χ2v) is 9.61. The summed E-state index contributed by atoms with van der Waals surface area (Å²) in [6.07, 6.45) is 0. The number of rotatable bonds is 6. The van der Waals surface area contributed by atoms with Crippen LogP contribution >= 0.6 is 0 Å². The van der Waals surface area contributed by atoms with Crippen molar-refractivity contribution in [1.82, 2.24) is 14.3 Å². The molecule has 4 rings (SSSR count). The predicted molar refractivity (Wildman–Crippen MR) is 125 cm³/mol. The molecule has 0 saturated carbocycles. The standard InChI is InChI=1S/C23H25N5O4S/c1-16-14-17(2)25-23(24-16)27-20-5-3-4-18(15-20)22(29)26-19-6-8-21(9-7-19)33(30,31)28-10-12-32-13-11-28/h3-9,14-15H,10-13H2,1-2H3,(H,26,29)(H,24,25,27). The Labute approximate surface area is 192 Å². The summed E-state index contributed by atoms with van der Waals surface area (Å²) in [4.78, 5) is 21.6. The van der Waals surface area contributed by atoms with E-state index >= 15 is 0 Å². The first kappa shape index (κ1) is 22.8. The summed E-state index contributed by atoms with van der Waals surface area (Å²) >= 11 is 0. The van der Waals surface area contributed by atoms with Gasteiger partial charge in [0.05, 0.1) is 18.1 Å². The quantitative estimate of drug-likeness (QED) is 0.573. The largest absolute Gasteiger partial charge is 0.379 e. The summed E-state index contributed by atoms with van der Waals surface area (Å²) in [5.74, 6) is 0.144. The number of hydrogen-bond acceptors (Lipinski definition) is 7. The third-order valence-corrected chi connectivity index (χ3v) is 7.00. The molecular weight excluding hydrogens is 442 g/mol. The van der Waals surface area contributed by atoms with Crippen LogP contribution in [0.2, 0.25) is 0 Å². The maximum absolute atomic E-state index is 12.7. The highest BCUT2D eigenvalue weighted by atomic mass is 32.2. The van der Waals surface area contributed by atoms with Crippen LogP contribution in [0.4, 0.5) is 17.3 Å². The van der Waals surface area contributed by atoms with Crippen molar-refractivity contribution in [3.63, 3.8) is 0 Å². The molecule has 33 heavy (non-hydrogen) atoms. The topological polar surface area (TPSA) is 114 Å². The average molecular weight is 468 g/mol. The van der Waals surface area contributed by atoms with Crippen molar-refractivity contribution < 1.29 is 17.9 Å². The lowest BCUT2D eigenvalue weighted by Crippen LogP contribution is -2.40. The summed E-state index contributed by atoms with van der Waals surface area (Å²) in [6, 6.07) is 15.0. The van der Waals surface area contributed by atoms with Gasteiger partial charge in [-0.15, -0.1) is 0 Å². The molecule has 1 aliphatic rings. The monoisotopic (exact) mass is 467 g/mol. The molecule has 2 heterocycles.